The van der Waals surface area contributed by atoms with Gasteiger partial charge in [0.25, 0.3) is 0 Å². The average Bonchev–Trinajstić information content (AvgIpc) is 3.04. The van der Waals surface area contributed by atoms with Crippen molar-refractivity contribution in [2.24, 2.45) is 16.2 Å². The monoisotopic (exact) mass is 206 g/mol. The summed E-state index contributed by atoms with van der Waals surface area (Å²) >= 11 is 0. The summed E-state index contributed by atoms with van der Waals surface area (Å²) in [5, 5.41) is 10.8. The van der Waals surface area contributed by atoms with E-state index in [1.165, 1.54) is 51.4 Å². The van der Waals surface area contributed by atoms with Gasteiger partial charge < -0.3 is 5.11 Å². The van der Waals surface area contributed by atoms with Gasteiger partial charge >= 0.3 is 0 Å². The van der Waals surface area contributed by atoms with Gasteiger partial charge in [-0.2, -0.15) is 0 Å². The largest absolute Gasteiger partial charge is 0.390 e. The van der Waals surface area contributed by atoms with Crippen LogP contribution in [0.25, 0.3) is 0 Å². The van der Waals surface area contributed by atoms with E-state index in [4.69, 9.17) is 0 Å². The lowest BCUT2D eigenvalue weighted by Gasteiger charge is -2.32. The lowest BCUT2D eigenvalue weighted by molar-refractivity contribution is -0.0240. The summed E-state index contributed by atoms with van der Waals surface area (Å²) < 4.78 is 0. The number of aliphatic hydroxyl groups is 1. The molecule has 0 aromatic carbocycles. The molecule has 4 fully saturated rings. The smallest absolute Gasteiger partial charge is 0.0687 e. The van der Waals surface area contributed by atoms with Crippen molar-refractivity contribution >= 4 is 0 Å². The first-order valence-electron chi connectivity index (χ1n) is 6.84. The van der Waals surface area contributed by atoms with Crippen LogP contribution >= 0.6 is 0 Å². The molecule has 4 saturated carbocycles. The van der Waals surface area contributed by atoms with E-state index in [1.807, 2.05) is 0 Å². The van der Waals surface area contributed by atoms with Crippen LogP contribution in [0.2, 0.25) is 0 Å². The van der Waals surface area contributed by atoms with Crippen LogP contribution < -0.4 is 0 Å². The fraction of sp³-hybridized carbons (Fsp3) is 1.00. The van der Waals surface area contributed by atoms with Crippen molar-refractivity contribution in [1.29, 1.82) is 0 Å². The number of hydrogen-bond donors (Lipinski definition) is 1. The molecule has 15 heavy (non-hydrogen) atoms. The second-order valence-electron chi connectivity index (χ2n) is 6.90. The predicted octanol–water partition coefficient (Wildman–Crippen LogP) is 3.26. The Bertz CT molecular complexity index is 324. The molecule has 0 radical (unpaired) electrons. The van der Waals surface area contributed by atoms with Gasteiger partial charge in [-0.15, -0.1) is 0 Å². The maximum Gasteiger partial charge on any atom is 0.0687 e. The van der Waals surface area contributed by atoms with Crippen LogP contribution in [-0.4, -0.2) is 10.7 Å². The molecule has 1 heteroatoms. The molecule has 1 nitrogen and oxygen atoms in total. The Morgan fingerprint density at radius 3 is 2.07 bits per heavy atom. The lowest BCUT2D eigenvalue weighted by atomic mass is 9.79. The Hall–Kier alpha value is -0.0400. The van der Waals surface area contributed by atoms with Crippen LogP contribution in [0.15, 0.2) is 0 Å². The molecule has 0 bridgehead atoms. The van der Waals surface area contributed by atoms with Gasteiger partial charge in [-0.05, 0) is 56.3 Å². The molecule has 0 unspecified atom stereocenters. The third kappa shape index (κ3) is 0.638. The first-order valence-corrected chi connectivity index (χ1v) is 6.84. The lowest BCUT2D eigenvalue weighted by Crippen LogP contribution is -2.36. The van der Waals surface area contributed by atoms with E-state index in [0.717, 1.165) is 6.42 Å². The van der Waals surface area contributed by atoms with Crippen molar-refractivity contribution in [2.45, 2.75) is 70.3 Å². The molecular weight excluding hydrogens is 184 g/mol. The molecule has 0 aromatic heterocycles. The molecule has 0 aliphatic heterocycles. The summed E-state index contributed by atoms with van der Waals surface area (Å²) in [4.78, 5) is 0. The summed E-state index contributed by atoms with van der Waals surface area (Å²) in [6, 6.07) is 0. The minimum absolute atomic E-state index is 0.326. The Kier molecular flexibility index (Phi) is 1.30. The highest BCUT2D eigenvalue weighted by Gasteiger charge is 2.95. The van der Waals surface area contributed by atoms with Gasteiger partial charge in [-0.1, -0.05) is 19.3 Å². The molecule has 4 rings (SSSR count). The quantitative estimate of drug-likeness (QED) is 0.645. The van der Waals surface area contributed by atoms with Crippen LogP contribution in [0.5, 0.6) is 0 Å². The Morgan fingerprint density at radius 1 is 0.733 bits per heavy atom. The predicted molar refractivity (Wildman–Crippen MR) is 59.5 cm³/mol. The highest BCUT2D eigenvalue weighted by atomic mass is 16.3. The Morgan fingerprint density at radius 2 is 1.33 bits per heavy atom. The fourth-order valence-corrected chi connectivity index (χ4v) is 6.43. The molecule has 1 spiro atoms. The Labute approximate surface area is 92.3 Å². The topological polar surface area (TPSA) is 20.2 Å². The van der Waals surface area contributed by atoms with E-state index in [-0.39, 0.29) is 5.60 Å². The first kappa shape index (κ1) is 9.04. The third-order valence-corrected chi connectivity index (χ3v) is 6.85. The maximum atomic E-state index is 10.8. The van der Waals surface area contributed by atoms with Crippen molar-refractivity contribution in [2.75, 3.05) is 0 Å². The molecule has 3 atom stereocenters. The van der Waals surface area contributed by atoms with Crippen molar-refractivity contribution in [3.63, 3.8) is 0 Å². The molecule has 1 N–H and O–H groups in total. The van der Waals surface area contributed by atoms with Crippen molar-refractivity contribution in [3.05, 3.63) is 0 Å². The highest BCUT2D eigenvalue weighted by molar-refractivity contribution is 5.43. The fourth-order valence-electron chi connectivity index (χ4n) is 6.43. The molecule has 0 heterocycles. The van der Waals surface area contributed by atoms with Crippen LogP contribution in [0, 0.1) is 16.2 Å². The van der Waals surface area contributed by atoms with E-state index in [2.05, 4.69) is 6.92 Å². The summed E-state index contributed by atoms with van der Waals surface area (Å²) in [6.45, 7) is 2.15. The van der Waals surface area contributed by atoms with Gasteiger partial charge in [0, 0.05) is 5.41 Å². The van der Waals surface area contributed by atoms with Gasteiger partial charge in [-0.25, -0.2) is 0 Å². The first-order chi connectivity index (χ1) is 7.12. The average molecular weight is 206 g/mol. The third-order valence-electron chi connectivity index (χ3n) is 6.85. The standard InChI is InChI=1S/C14H22O/c1-11(15)7-8-12-5-3-2-4-6-14(11,12)13(12)9-10-13/h15H,2-10H2,1H3/t11-,12-,14-/m1/s1. The molecule has 84 valence electrons. The van der Waals surface area contributed by atoms with Crippen LogP contribution in [0.3, 0.4) is 0 Å². The summed E-state index contributed by atoms with van der Waals surface area (Å²) in [6.07, 6.45) is 12.3. The van der Waals surface area contributed by atoms with E-state index in [1.54, 1.807) is 0 Å². The van der Waals surface area contributed by atoms with E-state index >= 15 is 0 Å². The molecule has 4 aliphatic carbocycles. The summed E-state index contributed by atoms with van der Waals surface area (Å²) in [5.74, 6) is 0. The second kappa shape index (κ2) is 2.16. The zero-order valence-corrected chi connectivity index (χ0v) is 9.81. The normalized spacial score (nSPS) is 59.6. The van der Waals surface area contributed by atoms with Crippen LogP contribution in [0.1, 0.15) is 64.7 Å². The van der Waals surface area contributed by atoms with Gasteiger partial charge in [0.05, 0.1) is 5.60 Å². The van der Waals surface area contributed by atoms with Crippen molar-refractivity contribution < 1.29 is 5.11 Å². The zero-order chi connectivity index (χ0) is 10.4. The van der Waals surface area contributed by atoms with Gasteiger partial charge in [0.1, 0.15) is 0 Å². The summed E-state index contributed by atoms with van der Waals surface area (Å²) in [5.41, 5.74) is 1.31. The minimum Gasteiger partial charge on any atom is -0.390 e. The zero-order valence-electron chi connectivity index (χ0n) is 9.81. The summed E-state index contributed by atoms with van der Waals surface area (Å²) in [7, 11) is 0. The number of hydrogen-bond acceptors (Lipinski definition) is 1. The van der Waals surface area contributed by atoms with E-state index in [0.29, 0.717) is 16.2 Å². The molecule has 0 saturated heterocycles. The van der Waals surface area contributed by atoms with Crippen LogP contribution in [-0.2, 0) is 0 Å². The second-order valence-corrected chi connectivity index (χ2v) is 6.90. The van der Waals surface area contributed by atoms with Crippen molar-refractivity contribution in [3.8, 4) is 0 Å². The van der Waals surface area contributed by atoms with Gasteiger partial charge in [0.15, 0.2) is 0 Å². The minimum atomic E-state index is -0.326. The Balaban J connectivity index is 1.86. The SMILES string of the molecule is C[C@@]1(O)CC[C@@]23CCCCC[C@]21C31CC1. The van der Waals surface area contributed by atoms with E-state index < -0.39 is 0 Å². The maximum absolute atomic E-state index is 10.8. The van der Waals surface area contributed by atoms with Crippen molar-refractivity contribution in [1.82, 2.24) is 0 Å². The van der Waals surface area contributed by atoms with Gasteiger partial charge in [-0.3, -0.25) is 0 Å². The van der Waals surface area contributed by atoms with E-state index in [9.17, 15) is 5.11 Å². The van der Waals surface area contributed by atoms with Gasteiger partial charge in [0.2, 0.25) is 0 Å². The highest BCUT2D eigenvalue weighted by Crippen LogP contribution is 2.99. The molecule has 0 aromatic rings. The molecular formula is C14H22O. The van der Waals surface area contributed by atoms with Crippen LogP contribution in [0.4, 0.5) is 0 Å². The molecule has 0 amide bonds. The number of rotatable bonds is 0. The molecule has 4 aliphatic rings.